The molecule has 0 radical (unpaired) electrons. The van der Waals surface area contributed by atoms with E-state index in [0.717, 1.165) is 0 Å². The van der Waals surface area contributed by atoms with E-state index in [1.807, 2.05) is 5.32 Å². The second-order valence-corrected chi connectivity index (χ2v) is 2.62. The van der Waals surface area contributed by atoms with E-state index in [9.17, 15) is 14.4 Å². The molecule has 0 aromatic rings. The molecule has 0 saturated carbocycles. The number of alkyl halides is 1. The molecule has 0 spiro atoms. The summed E-state index contributed by atoms with van der Waals surface area (Å²) in [5, 5.41) is 4.11. The van der Waals surface area contributed by atoms with Crippen LogP contribution in [-0.2, 0) is 14.3 Å². The predicted molar refractivity (Wildman–Crippen MR) is 48.9 cm³/mol. The second-order valence-electron chi connectivity index (χ2n) is 2.25. The lowest BCUT2D eigenvalue weighted by Crippen LogP contribution is -2.41. The molecule has 0 aliphatic carbocycles. The molecule has 0 fully saturated rings. The summed E-state index contributed by atoms with van der Waals surface area (Å²) in [5.74, 6) is -0.955. The Morgan fingerprint density at radius 1 is 1.36 bits per heavy atom. The minimum absolute atomic E-state index is 0.0488. The number of nitrogens with one attached hydrogen (secondary N) is 2. The van der Waals surface area contributed by atoms with Gasteiger partial charge >= 0.3 is 12.0 Å². The first-order valence-electron chi connectivity index (χ1n) is 3.80. The first kappa shape index (κ1) is 12.7. The molecule has 0 unspecified atom stereocenters. The number of imide groups is 1. The zero-order chi connectivity index (χ0) is 11.0. The van der Waals surface area contributed by atoms with Crippen molar-refractivity contribution in [2.24, 2.45) is 0 Å². The highest BCUT2D eigenvalue weighted by atomic mass is 35.5. The molecule has 0 aromatic carbocycles. The van der Waals surface area contributed by atoms with Gasteiger partial charge in [0.05, 0.1) is 7.11 Å². The Hall–Kier alpha value is -1.30. The number of hydrogen-bond donors (Lipinski definition) is 2. The number of hydrogen-bond acceptors (Lipinski definition) is 4. The molecule has 0 rings (SSSR count). The van der Waals surface area contributed by atoms with Gasteiger partial charge in [0.1, 0.15) is 6.54 Å². The van der Waals surface area contributed by atoms with Crippen LogP contribution in [0.3, 0.4) is 0 Å². The van der Waals surface area contributed by atoms with Gasteiger partial charge in [-0.25, -0.2) is 4.79 Å². The second kappa shape index (κ2) is 7.14. The van der Waals surface area contributed by atoms with Gasteiger partial charge in [-0.05, 0) is 0 Å². The molecule has 0 aliphatic heterocycles. The maximum absolute atomic E-state index is 10.9. The van der Waals surface area contributed by atoms with Crippen molar-refractivity contribution in [3.8, 4) is 0 Å². The Balaban J connectivity index is 3.65. The summed E-state index contributed by atoms with van der Waals surface area (Å²) in [7, 11) is 1.20. The number of rotatable bonds is 4. The van der Waals surface area contributed by atoms with Crippen LogP contribution in [0.15, 0.2) is 0 Å². The summed E-state index contributed by atoms with van der Waals surface area (Å²) in [4.78, 5) is 32.2. The summed E-state index contributed by atoms with van der Waals surface area (Å²) in [6.07, 6.45) is 0.0488. The lowest BCUT2D eigenvalue weighted by atomic mass is 10.4. The van der Waals surface area contributed by atoms with Crippen LogP contribution in [-0.4, -0.2) is 37.4 Å². The number of esters is 1. The molecule has 2 N–H and O–H groups in total. The average Bonchev–Trinajstić information content (AvgIpc) is 2.14. The summed E-state index contributed by atoms with van der Waals surface area (Å²) in [5.41, 5.74) is 0. The van der Waals surface area contributed by atoms with Crippen molar-refractivity contribution in [2.75, 3.05) is 19.5 Å². The van der Waals surface area contributed by atoms with Gasteiger partial charge in [0.15, 0.2) is 0 Å². The molecule has 0 atom stereocenters. The number of ether oxygens (including phenoxy) is 1. The van der Waals surface area contributed by atoms with E-state index >= 15 is 0 Å². The molecule has 14 heavy (non-hydrogen) atoms. The third-order valence-corrected chi connectivity index (χ3v) is 1.38. The molecule has 0 saturated heterocycles. The Labute approximate surface area is 85.9 Å². The van der Waals surface area contributed by atoms with Crippen LogP contribution in [0.25, 0.3) is 0 Å². The number of carbonyl (C=O) groups is 3. The Morgan fingerprint density at radius 3 is 2.50 bits per heavy atom. The maximum Gasteiger partial charge on any atom is 0.325 e. The van der Waals surface area contributed by atoms with E-state index in [0.29, 0.717) is 0 Å². The van der Waals surface area contributed by atoms with Crippen molar-refractivity contribution in [3.63, 3.8) is 0 Å². The topological polar surface area (TPSA) is 84.5 Å². The highest BCUT2D eigenvalue weighted by molar-refractivity contribution is 6.19. The van der Waals surface area contributed by atoms with E-state index in [-0.39, 0.29) is 18.8 Å². The predicted octanol–water partition coefficient (Wildman–Crippen LogP) is -0.386. The lowest BCUT2D eigenvalue weighted by molar-refractivity contribution is -0.139. The van der Waals surface area contributed by atoms with Crippen molar-refractivity contribution in [1.29, 1.82) is 0 Å². The van der Waals surface area contributed by atoms with Crippen LogP contribution < -0.4 is 10.6 Å². The Bertz CT molecular complexity index is 232. The van der Waals surface area contributed by atoms with E-state index in [1.165, 1.54) is 7.11 Å². The quantitative estimate of drug-likeness (QED) is 0.501. The monoisotopic (exact) mass is 222 g/mol. The summed E-state index contributed by atoms with van der Waals surface area (Å²) in [6, 6.07) is -0.745. The third kappa shape index (κ3) is 6.24. The summed E-state index contributed by atoms with van der Waals surface area (Å²) in [6.45, 7) is -0.281. The number of carbonyl (C=O) groups excluding carboxylic acids is 3. The zero-order valence-electron chi connectivity index (χ0n) is 7.63. The molecular weight excluding hydrogens is 212 g/mol. The Morgan fingerprint density at radius 2 is 2.00 bits per heavy atom. The minimum atomic E-state index is -0.745. The number of amides is 3. The van der Waals surface area contributed by atoms with Gasteiger partial charge in [-0.2, -0.15) is 0 Å². The first-order valence-corrected chi connectivity index (χ1v) is 4.34. The largest absolute Gasteiger partial charge is 0.468 e. The highest BCUT2D eigenvalue weighted by Crippen LogP contribution is 1.83. The average molecular weight is 223 g/mol. The van der Waals surface area contributed by atoms with Crippen LogP contribution in [0.4, 0.5) is 4.79 Å². The fourth-order valence-electron chi connectivity index (χ4n) is 0.544. The highest BCUT2D eigenvalue weighted by Gasteiger charge is 2.08. The fourth-order valence-corrected chi connectivity index (χ4v) is 0.715. The summed E-state index contributed by atoms with van der Waals surface area (Å²) < 4.78 is 4.27. The molecular formula is C7H11ClN2O4. The van der Waals surface area contributed by atoms with Crippen LogP contribution in [0.2, 0.25) is 0 Å². The molecule has 6 nitrogen and oxygen atoms in total. The molecule has 3 amide bonds. The van der Waals surface area contributed by atoms with Crippen molar-refractivity contribution < 1.29 is 19.1 Å². The number of methoxy groups -OCH3 is 1. The number of halogens is 1. The van der Waals surface area contributed by atoms with Gasteiger partial charge in [0, 0.05) is 12.3 Å². The van der Waals surface area contributed by atoms with Crippen molar-refractivity contribution in [2.45, 2.75) is 6.42 Å². The Kier molecular flexibility index (Phi) is 6.47. The van der Waals surface area contributed by atoms with E-state index in [4.69, 9.17) is 11.6 Å². The van der Waals surface area contributed by atoms with Gasteiger partial charge in [-0.3, -0.25) is 14.9 Å². The van der Waals surface area contributed by atoms with Crippen LogP contribution in [0.1, 0.15) is 6.42 Å². The lowest BCUT2D eigenvalue weighted by Gasteiger charge is -2.04. The van der Waals surface area contributed by atoms with E-state index in [1.54, 1.807) is 0 Å². The van der Waals surface area contributed by atoms with E-state index in [2.05, 4.69) is 10.1 Å². The molecule has 7 heteroatoms. The minimum Gasteiger partial charge on any atom is -0.468 e. The van der Waals surface area contributed by atoms with Crippen molar-refractivity contribution in [1.82, 2.24) is 10.6 Å². The normalized spacial score (nSPS) is 9.00. The standard InChI is InChI=1S/C7H11ClN2O4/c1-14-6(12)4-9-7(13)10-5(11)2-3-8/h2-4H2,1H3,(H2,9,10,11,13). The van der Waals surface area contributed by atoms with Crippen LogP contribution in [0, 0.1) is 0 Å². The molecule has 80 valence electrons. The molecule has 0 aliphatic rings. The molecule has 0 bridgehead atoms. The fraction of sp³-hybridized carbons (Fsp3) is 0.571. The first-order chi connectivity index (χ1) is 6.60. The SMILES string of the molecule is COC(=O)CNC(=O)NC(=O)CCCl. The van der Waals surface area contributed by atoms with Crippen molar-refractivity contribution >= 4 is 29.5 Å². The van der Waals surface area contributed by atoms with Gasteiger partial charge in [-0.15, -0.1) is 11.6 Å². The van der Waals surface area contributed by atoms with Gasteiger partial charge < -0.3 is 10.1 Å². The smallest absolute Gasteiger partial charge is 0.325 e. The third-order valence-electron chi connectivity index (χ3n) is 1.20. The van der Waals surface area contributed by atoms with Gasteiger partial charge in [-0.1, -0.05) is 0 Å². The summed E-state index contributed by atoms with van der Waals surface area (Å²) >= 11 is 5.26. The van der Waals surface area contributed by atoms with Crippen LogP contribution in [0.5, 0.6) is 0 Å². The van der Waals surface area contributed by atoms with Crippen molar-refractivity contribution in [3.05, 3.63) is 0 Å². The van der Waals surface area contributed by atoms with Crippen LogP contribution >= 0.6 is 11.6 Å². The van der Waals surface area contributed by atoms with Gasteiger partial charge in [0.25, 0.3) is 0 Å². The van der Waals surface area contributed by atoms with E-state index < -0.39 is 17.9 Å². The molecule has 0 aromatic heterocycles. The van der Waals surface area contributed by atoms with Gasteiger partial charge in [0.2, 0.25) is 5.91 Å². The maximum atomic E-state index is 10.9. The number of urea groups is 1. The zero-order valence-corrected chi connectivity index (χ0v) is 8.39. The molecule has 0 heterocycles.